The average molecular weight is 341 g/mol. The van der Waals surface area contributed by atoms with Gasteiger partial charge in [0.2, 0.25) is 0 Å². The molecule has 1 aliphatic rings. The summed E-state index contributed by atoms with van der Waals surface area (Å²) in [6, 6.07) is 13.7. The molecule has 2 N–H and O–H groups in total. The number of carbonyl (C=O) groups is 2. The molecule has 6 nitrogen and oxygen atoms in total. The van der Waals surface area contributed by atoms with Crippen LogP contribution in [0.5, 0.6) is 11.5 Å². The topological polar surface area (TPSA) is 87.1 Å². The van der Waals surface area contributed by atoms with E-state index in [0.717, 1.165) is 5.56 Å². The lowest BCUT2D eigenvalue weighted by Crippen LogP contribution is -2.29. The van der Waals surface area contributed by atoms with Gasteiger partial charge in [-0.25, -0.2) is 0 Å². The third-order valence-electron chi connectivity index (χ3n) is 4.58. The van der Waals surface area contributed by atoms with Crippen molar-refractivity contribution < 1.29 is 24.5 Å². The second-order valence-corrected chi connectivity index (χ2v) is 6.06. The first-order valence-electron chi connectivity index (χ1n) is 7.95. The van der Waals surface area contributed by atoms with E-state index >= 15 is 0 Å². The molecular formula is C19H19NO5. The Kier molecular flexibility index (Phi) is 4.61. The van der Waals surface area contributed by atoms with Gasteiger partial charge in [0.25, 0.3) is 5.91 Å². The van der Waals surface area contributed by atoms with Crippen LogP contribution in [-0.4, -0.2) is 47.2 Å². The van der Waals surface area contributed by atoms with Crippen LogP contribution >= 0.6 is 0 Å². The van der Waals surface area contributed by atoms with Crippen molar-refractivity contribution in [1.82, 2.24) is 4.90 Å². The molecule has 0 radical (unpaired) electrons. The van der Waals surface area contributed by atoms with Crippen LogP contribution in [0.15, 0.2) is 48.5 Å². The molecule has 2 atom stereocenters. The quantitative estimate of drug-likeness (QED) is 0.891. The van der Waals surface area contributed by atoms with Crippen LogP contribution in [0.3, 0.4) is 0 Å². The van der Waals surface area contributed by atoms with Crippen molar-refractivity contribution in [3.05, 3.63) is 59.7 Å². The lowest BCUT2D eigenvalue weighted by Gasteiger charge is -2.17. The molecule has 2 aromatic carbocycles. The van der Waals surface area contributed by atoms with Crippen LogP contribution in [0, 0.1) is 5.92 Å². The van der Waals surface area contributed by atoms with E-state index in [1.165, 1.54) is 25.3 Å². The number of hydrogen-bond donors (Lipinski definition) is 2. The number of nitrogens with zero attached hydrogens (tertiary/aromatic N) is 1. The van der Waals surface area contributed by atoms with E-state index in [1.54, 1.807) is 4.90 Å². The van der Waals surface area contributed by atoms with Gasteiger partial charge < -0.3 is 19.8 Å². The van der Waals surface area contributed by atoms with E-state index in [-0.39, 0.29) is 29.9 Å². The van der Waals surface area contributed by atoms with Crippen molar-refractivity contribution in [1.29, 1.82) is 0 Å². The number of aliphatic carboxylic acids is 1. The van der Waals surface area contributed by atoms with Gasteiger partial charge in [-0.1, -0.05) is 30.3 Å². The number of carbonyl (C=O) groups excluding carboxylic acids is 1. The minimum Gasteiger partial charge on any atom is -0.504 e. The fourth-order valence-electron chi connectivity index (χ4n) is 3.25. The van der Waals surface area contributed by atoms with Gasteiger partial charge >= 0.3 is 5.97 Å². The number of aromatic hydroxyl groups is 1. The number of hydrogen-bond acceptors (Lipinski definition) is 4. The number of benzene rings is 2. The molecule has 1 aliphatic heterocycles. The normalized spacial score (nSPS) is 19.6. The molecule has 3 rings (SSSR count). The van der Waals surface area contributed by atoms with Gasteiger partial charge in [-0.3, -0.25) is 9.59 Å². The summed E-state index contributed by atoms with van der Waals surface area (Å²) in [5, 5.41) is 19.2. The molecule has 1 saturated heterocycles. The van der Waals surface area contributed by atoms with Gasteiger partial charge in [0.05, 0.1) is 13.0 Å². The first-order valence-corrected chi connectivity index (χ1v) is 7.95. The molecule has 1 heterocycles. The summed E-state index contributed by atoms with van der Waals surface area (Å²) in [7, 11) is 1.41. The van der Waals surface area contributed by atoms with Gasteiger partial charge in [-0.2, -0.15) is 0 Å². The molecule has 25 heavy (non-hydrogen) atoms. The van der Waals surface area contributed by atoms with Crippen LogP contribution in [-0.2, 0) is 4.79 Å². The minimum atomic E-state index is -0.910. The average Bonchev–Trinajstić information content (AvgIpc) is 3.08. The highest BCUT2D eigenvalue weighted by Crippen LogP contribution is 2.34. The summed E-state index contributed by atoms with van der Waals surface area (Å²) in [6.07, 6.45) is 0. The Bertz CT molecular complexity index is 790. The molecule has 0 bridgehead atoms. The molecule has 6 heteroatoms. The number of phenols is 1. The zero-order valence-electron chi connectivity index (χ0n) is 13.8. The molecule has 0 spiro atoms. The third-order valence-corrected chi connectivity index (χ3v) is 4.58. The third kappa shape index (κ3) is 3.28. The van der Waals surface area contributed by atoms with Crippen molar-refractivity contribution in [2.45, 2.75) is 5.92 Å². The molecule has 1 amide bonds. The van der Waals surface area contributed by atoms with Gasteiger partial charge in [-0.15, -0.1) is 0 Å². The Hall–Kier alpha value is -3.02. The van der Waals surface area contributed by atoms with Crippen LogP contribution in [0.2, 0.25) is 0 Å². The molecule has 0 aromatic heterocycles. The summed E-state index contributed by atoms with van der Waals surface area (Å²) in [5.74, 6) is -1.92. The zero-order chi connectivity index (χ0) is 18.0. The second-order valence-electron chi connectivity index (χ2n) is 6.06. The number of ether oxygens (including phenoxy) is 1. The van der Waals surface area contributed by atoms with Crippen molar-refractivity contribution in [3.63, 3.8) is 0 Å². The lowest BCUT2D eigenvalue weighted by atomic mass is 9.89. The summed E-state index contributed by atoms with van der Waals surface area (Å²) in [5.41, 5.74) is 1.26. The van der Waals surface area contributed by atoms with E-state index in [2.05, 4.69) is 0 Å². The van der Waals surface area contributed by atoms with Crippen LogP contribution in [0.1, 0.15) is 21.8 Å². The molecule has 130 valence electrons. The van der Waals surface area contributed by atoms with Crippen LogP contribution < -0.4 is 4.74 Å². The zero-order valence-corrected chi connectivity index (χ0v) is 13.8. The monoisotopic (exact) mass is 341 g/mol. The van der Waals surface area contributed by atoms with Crippen molar-refractivity contribution in [2.75, 3.05) is 20.2 Å². The van der Waals surface area contributed by atoms with Crippen molar-refractivity contribution >= 4 is 11.9 Å². The fraction of sp³-hybridized carbons (Fsp3) is 0.263. The molecule has 0 aliphatic carbocycles. The van der Waals surface area contributed by atoms with E-state index in [4.69, 9.17) is 4.74 Å². The molecule has 0 unspecified atom stereocenters. The number of phenolic OH excluding ortho intramolecular Hbond substituents is 1. The standard InChI is InChI=1S/C19H19NO5/c1-25-17-9-13(7-8-16(17)21)18(22)20-10-14(15(11-20)19(23)24)12-5-3-2-4-6-12/h2-9,14-15,21H,10-11H2,1H3,(H,23,24)/t14-,15+/m1/s1. The maximum Gasteiger partial charge on any atom is 0.308 e. The second kappa shape index (κ2) is 6.84. The first kappa shape index (κ1) is 16.8. The first-order chi connectivity index (χ1) is 12.0. The summed E-state index contributed by atoms with van der Waals surface area (Å²) >= 11 is 0. The number of carboxylic acids is 1. The molecular weight excluding hydrogens is 322 g/mol. The highest BCUT2D eigenvalue weighted by Gasteiger charge is 2.40. The Labute approximate surface area is 145 Å². The molecule has 2 aromatic rings. The Morgan fingerprint density at radius 1 is 1.12 bits per heavy atom. The van der Waals surface area contributed by atoms with E-state index in [0.29, 0.717) is 12.1 Å². The Morgan fingerprint density at radius 2 is 1.84 bits per heavy atom. The van der Waals surface area contributed by atoms with Crippen LogP contribution in [0.25, 0.3) is 0 Å². The summed E-state index contributed by atoms with van der Waals surface area (Å²) in [4.78, 5) is 26.0. The fourth-order valence-corrected chi connectivity index (χ4v) is 3.25. The van der Waals surface area contributed by atoms with E-state index < -0.39 is 11.9 Å². The maximum absolute atomic E-state index is 12.8. The number of amides is 1. The summed E-state index contributed by atoms with van der Waals surface area (Å²) in [6.45, 7) is 0.486. The van der Waals surface area contributed by atoms with Gasteiger partial charge in [0.1, 0.15) is 0 Å². The molecule has 0 saturated carbocycles. The lowest BCUT2D eigenvalue weighted by molar-refractivity contribution is -0.141. The Morgan fingerprint density at radius 3 is 2.48 bits per heavy atom. The highest BCUT2D eigenvalue weighted by atomic mass is 16.5. The molecule has 1 fully saturated rings. The maximum atomic E-state index is 12.8. The number of rotatable bonds is 4. The number of carboxylic acid groups (broad SMARTS) is 1. The van der Waals surface area contributed by atoms with Crippen LogP contribution in [0.4, 0.5) is 0 Å². The van der Waals surface area contributed by atoms with Crippen molar-refractivity contribution in [3.8, 4) is 11.5 Å². The van der Waals surface area contributed by atoms with Gasteiger partial charge in [0.15, 0.2) is 11.5 Å². The van der Waals surface area contributed by atoms with E-state index in [1.807, 2.05) is 30.3 Å². The summed E-state index contributed by atoms with van der Waals surface area (Å²) < 4.78 is 5.03. The largest absolute Gasteiger partial charge is 0.504 e. The number of methoxy groups -OCH3 is 1. The minimum absolute atomic E-state index is 0.0500. The predicted molar refractivity (Wildman–Crippen MR) is 90.9 cm³/mol. The Balaban J connectivity index is 1.86. The smallest absolute Gasteiger partial charge is 0.308 e. The van der Waals surface area contributed by atoms with E-state index in [9.17, 15) is 19.8 Å². The number of likely N-dealkylation sites (tertiary alicyclic amines) is 1. The van der Waals surface area contributed by atoms with Crippen molar-refractivity contribution in [2.24, 2.45) is 5.92 Å². The van der Waals surface area contributed by atoms with Gasteiger partial charge in [-0.05, 0) is 23.8 Å². The highest BCUT2D eigenvalue weighted by molar-refractivity contribution is 5.95. The SMILES string of the molecule is COc1cc(C(=O)N2C[C@H](C(=O)O)[C@@H](c3ccccc3)C2)ccc1O. The predicted octanol–water partition coefficient (Wildman–Crippen LogP) is 2.34. The van der Waals surface area contributed by atoms with Gasteiger partial charge in [0, 0.05) is 24.6 Å².